The molecular formula is C12H10Br3NS. The van der Waals surface area contributed by atoms with Crippen LogP contribution in [0.5, 0.6) is 0 Å². The van der Waals surface area contributed by atoms with Gasteiger partial charge in [-0.1, -0.05) is 6.07 Å². The number of benzene rings is 1. The van der Waals surface area contributed by atoms with E-state index in [1.54, 1.807) is 11.3 Å². The molecule has 0 atom stereocenters. The van der Waals surface area contributed by atoms with E-state index < -0.39 is 0 Å². The Bertz CT molecular complexity index is 510. The van der Waals surface area contributed by atoms with Gasteiger partial charge in [-0.05, 0) is 77.6 Å². The van der Waals surface area contributed by atoms with Gasteiger partial charge >= 0.3 is 0 Å². The van der Waals surface area contributed by atoms with Crippen molar-refractivity contribution in [2.45, 2.75) is 13.1 Å². The van der Waals surface area contributed by atoms with Crippen molar-refractivity contribution in [1.82, 2.24) is 5.32 Å². The third-order valence-electron chi connectivity index (χ3n) is 2.24. The van der Waals surface area contributed by atoms with Crippen LogP contribution in [0.25, 0.3) is 0 Å². The van der Waals surface area contributed by atoms with Gasteiger partial charge < -0.3 is 5.32 Å². The molecule has 90 valence electrons. The highest BCUT2D eigenvalue weighted by Gasteiger charge is 2.00. The molecule has 0 bridgehead atoms. The second-order valence-corrected chi connectivity index (χ2v) is 7.81. The van der Waals surface area contributed by atoms with Crippen LogP contribution in [0, 0.1) is 0 Å². The largest absolute Gasteiger partial charge is 0.308 e. The predicted molar refractivity (Wildman–Crippen MR) is 84.4 cm³/mol. The van der Waals surface area contributed by atoms with Crippen molar-refractivity contribution >= 4 is 59.1 Å². The number of hydrogen-bond acceptors (Lipinski definition) is 2. The van der Waals surface area contributed by atoms with Gasteiger partial charge in [-0.2, -0.15) is 0 Å². The molecule has 0 aliphatic rings. The Kier molecular flexibility index (Phi) is 5.24. The van der Waals surface area contributed by atoms with E-state index in [1.165, 1.54) is 14.2 Å². The first-order valence-electron chi connectivity index (χ1n) is 5.04. The van der Waals surface area contributed by atoms with E-state index >= 15 is 0 Å². The van der Waals surface area contributed by atoms with E-state index in [0.717, 1.165) is 22.0 Å². The smallest absolute Gasteiger partial charge is 0.0701 e. The zero-order valence-corrected chi connectivity index (χ0v) is 14.4. The van der Waals surface area contributed by atoms with Gasteiger partial charge in [0.25, 0.3) is 0 Å². The Balaban J connectivity index is 1.87. The van der Waals surface area contributed by atoms with Crippen LogP contribution in [0.3, 0.4) is 0 Å². The molecule has 1 heterocycles. The monoisotopic (exact) mass is 437 g/mol. The van der Waals surface area contributed by atoms with Crippen molar-refractivity contribution in [2.24, 2.45) is 0 Å². The maximum atomic E-state index is 3.51. The summed E-state index contributed by atoms with van der Waals surface area (Å²) < 4.78 is 3.36. The molecule has 2 rings (SSSR count). The summed E-state index contributed by atoms with van der Waals surface area (Å²) in [7, 11) is 0. The molecule has 1 aromatic carbocycles. The van der Waals surface area contributed by atoms with E-state index in [4.69, 9.17) is 0 Å². The number of hydrogen-bond donors (Lipinski definition) is 1. The van der Waals surface area contributed by atoms with Gasteiger partial charge in [-0.15, -0.1) is 11.3 Å². The second kappa shape index (κ2) is 6.48. The number of halogens is 3. The fourth-order valence-corrected chi connectivity index (χ4v) is 3.55. The number of thiophene rings is 1. The number of nitrogens with one attached hydrogen (secondary N) is 1. The van der Waals surface area contributed by atoms with Crippen LogP contribution < -0.4 is 5.32 Å². The molecule has 0 saturated heterocycles. The van der Waals surface area contributed by atoms with Crippen molar-refractivity contribution in [2.75, 3.05) is 0 Å². The third kappa shape index (κ3) is 4.17. The van der Waals surface area contributed by atoms with E-state index in [1.807, 2.05) is 0 Å². The zero-order chi connectivity index (χ0) is 12.3. The summed E-state index contributed by atoms with van der Waals surface area (Å²) in [6.07, 6.45) is 0. The maximum absolute atomic E-state index is 3.51. The highest BCUT2D eigenvalue weighted by Crippen LogP contribution is 2.24. The van der Waals surface area contributed by atoms with Crippen molar-refractivity contribution in [3.63, 3.8) is 0 Å². The Morgan fingerprint density at radius 1 is 0.941 bits per heavy atom. The summed E-state index contributed by atoms with van der Waals surface area (Å²) in [5, 5.41) is 3.43. The van der Waals surface area contributed by atoms with E-state index in [0.29, 0.717) is 0 Å². The highest BCUT2D eigenvalue weighted by molar-refractivity contribution is 9.13. The standard InChI is InChI=1S/C12H10Br3NS/c13-10-3-1-8(5-11(10)14)6-16-7-9-2-4-12(15)17-9/h1-5,16H,6-7H2. The first-order chi connectivity index (χ1) is 8.15. The van der Waals surface area contributed by atoms with Gasteiger partial charge in [0.15, 0.2) is 0 Å². The maximum Gasteiger partial charge on any atom is 0.0701 e. The predicted octanol–water partition coefficient (Wildman–Crippen LogP) is 5.33. The Morgan fingerprint density at radius 2 is 1.76 bits per heavy atom. The summed E-state index contributed by atoms with van der Waals surface area (Å²) in [6, 6.07) is 10.5. The molecule has 0 aliphatic heterocycles. The lowest BCUT2D eigenvalue weighted by Crippen LogP contribution is -2.11. The molecule has 5 heteroatoms. The van der Waals surface area contributed by atoms with Gasteiger partial charge in [0.2, 0.25) is 0 Å². The van der Waals surface area contributed by atoms with Gasteiger partial charge in [0.05, 0.1) is 3.79 Å². The van der Waals surface area contributed by atoms with E-state index in [-0.39, 0.29) is 0 Å². The van der Waals surface area contributed by atoms with Crippen molar-refractivity contribution in [3.05, 3.63) is 53.5 Å². The molecule has 1 nitrogen and oxygen atoms in total. The molecule has 0 aliphatic carbocycles. The average Bonchev–Trinajstić information content (AvgIpc) is 2.70. The SMILES string of the molecule is Brc1ccc(CNCc2ccc(Br)c(Br)c2)s1. The molecule has 0 fully saturated rings. The fraction of sp³-hybridized carbons (Fsp3) is 0.167. The third-order valence-corrected chi connectivity index (χ3v) is 5.74. The molecule has 1 N–H and O–H groups in total. The van der Waals surface area contributed by atoms with Crippen molar-refractivity contribution < 1.29 is 0 Å². The summed E-state index contributed by atoms with van der Waals surface area (Å²) in [5.74, 6) is 0. The van der Waals surface area contributed by atoms with Crippen LogP contribution in [0.2, 0.25) is 0 Å². The van der Waals surface area contributed by atoms with Crippen LogP contribution in [0.4, 0.5) is 0 Å². The van der Waals surface area contributed by atoms with Crippen LogP contribution in [-0.4, -0.2) is 0 Å². The van der Waals surface area contributed by atoms with Crippen LogP contribution in [0.1, 0.15) is 10.4 Å². The van der Waals surface area contributed by atoms with Gasteiger partial charge in [0.1, 0.15) is 0 Å². The Morgan fingerprint density at radius 3 is 2.41 bits per heavy atom. The Hall–Kier alpha value is 0.320. The minimum absolute atomic E-state index is 0.876. The van der Waals surface area contributed by atoms with E-state index in [2.05, 4.69) is 83.4 Å². The second-order valence-electron chi connectivity index (χ2n) is 3.56. The molecule has 17 heavy (non-hydrogen) atoms. The molecule has 0 spiro atoms. The van der Waals surface area contributed by atoms with Crippen LogP contribution in [-0.2, 0) is 13.1 Å². The molecular weight excluding hydrogens is 430 g/mol. The molecule has 1 aromatic heterocycles. The zero-order valence-electron chi connectivity index (χ0n) is 8.84. The first-order valence-corrected chi connectivity index (χ1v) is 8.23. The minimum Gasteiger partial charge on any atom is -0.308 e. The quantitative estimate of drug-likeness (QED) is 0.679. The average molecular weight is 440 g/mol. The fourth-order valence-electron chi connectivity index (χ4n) is 1.43. The van der Waals surface area contributed by atoms with Crippen molar-refractivity contribution in [3.8, 4) is 0 Å². The summed E-state index contributed by atoms with van der Waals surface area (Å²) in [6.45, 7) is 1.78. The lowest BCUT2D eigenvalue weighted by Gasteiger charge is -2.05. The molecule has 2 aromatic rings. The van der Waals surface area contributed by atoms with E-state index in [9.17, 15) is 0 Å². The van der Waals surface area contributed by atoms with Crippen LogP contribution >= 0.6 is 59.1 Å². The number of rotatable bonds is 4. The van der Waals surface area contributed by atoms with Gasteiger partial charge in [0, 0.05) is 26.9 Å². The summed E-state index contributed by atoms with van der Waals surface area (Å²) >= 11 is 12.2. The van der Waals surface area contributed by atoms with Crippen molar-refractivity contribution in [1.29, 1.82) is 0 Å². The topological polar surface area (TPSA) is 12.0 Å². The van der Waals surface area contributed by atoms with Gasteiger partial charge in [-0.3, -0.25) is 0 Å². The minimum atomic E-state index is 0.876. The summed E-state index contributed by atoms with van der Waals surface area (Å²) in [4.78, 5) is 1.34. The first kappa shape index (κ1) is 13.7. The summed E-state index contributed by atoms with van der Waals surface area (Å²) in [5.41, 5.74) is 1.27. The molecule has 0 radical (unpaired) electrons. The highest BCUT2D eigenvalue weighted by atomic mass is 79.9. The molecule has 0 amide bonds. The normalized spacial score (nSPS) is 10.8. The molecule has 0 saturated carbocycles. The lowest BCUT2D eigenvalue weighted by atomic mass is 10.2. The van der Waals surface area contributed by atoms with Gasteiger partial charge in [-0.25, -0.2) is 0 Å². The molecule has 0 unspecified atom stereocenters. The Labute approximate surface area is 130 Å². The lowest BCUT2D eigenvalue weighted by molar-refractivity contribution is 0.700. The van der Waals surface area contributed by atoms with Crippen LogP contribution in [0.15, 0.2) is 43.1 Å².